The molecule has 0 aliphatic carbocycles. The standard InChI is InChI=1S/C30H37F2N7O2/c1-6-40-11-9-30(5)18-38(10-12-41-30)17-21-7-8-26(33-15-21)36-29-34-16-24(32)27(37-29)22-13-23(31)28-25(14-22)39(19(2)3)20(4)35-28/h7-8,13-16,19H,6,9-12,17-18H2,1-5H3,(H,33,34,36,37)/t30-/m1/s1. The lowest BCUT2D eigenvalue weighted by Gasteiger charge is -2.40. The van der Waals surface area contributed by atoms with Gasteiger partial charge in [0.2, 0.25) is 5.95 Å². The lowest BCUT2D eigenvalue weighted by Crippen LogP contribution is -2.50. The van der Waals surface area contributed by atoms with E-state index in [1.54, 1.807) is 12.3 Å². The number of halogens is 2. The average molecular weight is 566 g/mol. The van der Waals surface area contributed by atoms with Crippen molar-refractivity contribution < 1.29 is 18.3 Å². The van der Waals surface area contributed by atoms with Crippen LogP contribution in [0.1, 0.15) is 51.5 Å². The first-order valence-corrected chi connectivity index (χ1v) is 14.0. The van der Waals surface area contributed by atoms with Crippen molar-refractivity contribution in [2.24, 2.45) is 0 Å². The second-order valence-electron chi connectivity index (χ2n) is 11.0. The van der Waals surface area contributed by atoms with Gasteiger partial charge in [-0.2, -0.15) is 0 Å². The molecule has 1 saturated heterocycles. The quantitative estimate of drug-likeness (QED) is 0.241. The van der Waals surface area contributed by atoms with Crippen molar-refractivity contribution >= 4 is 22.8 Å². The Bertz CT molecular complexity index is 1510. The number of fused-ring (bicyclic) bond motifs is 1. The van der Waals surface area contributed by atoms with Gasteiger partial charge in [0.15, 0.2) is 11.6 Å². The Labute approximate surface area is 238 Å². The van der Waals surface area contributed by atoms with Gasteiger partial charge in [-0.1, -0.05) is 6.07 Å². The maximum Gasteiger partial charge on any atom is 0.229 e. The van der Waals surface area contributed by atoms with Gasteiger partial charge in [-0.25, -0.2) is 28.7 Å². The van der Waals surface area contributed by atoms with Crippen LogP contribution in [0.4, 0.5) is 20.5 Å². The van der Waals surface area contributed by atoms with Crippen molar-refractivity contribution in [3.05, 3.63) is 59.7 Å². The largest absolute Gasteiger partial charge is 0.382 e. The summed E-state index contributed by atoms with van der Waals surface area (Å²) in [7, 11) is 0. The number of hydrogen-bond acceptors (Lipinski definition) is 8. The minimum absolute atomic E-state index is 0.00576. The van der Waals surface area contributed by atoms with Crippen molar-refractivity contribution in [3.63, 3.8) is 0 Å². The molecule has 1 fully saturated rings. The molecule has 0 radical (unpaired) electrons. The summed E-state index contributed by atoms with van der Waals surface area (Å²) in [4.78, 5) is 19.7. The monoisotopic (exact) mass is 565 g/mol. The Balaban J connectivity index is 1.30. The Kier molecular flexibility index (Phi) is 8.58. The second-order valence-corrected chi connectivity index (χ2v) is 11.0. The Morgan fingerprint density at radius 2 is 1.95 bits per heavy atom. The smallest absolute Gasteiger partial charge is 0.229 e. The SMILES string of the molecule is CCOCC[C@]1(C)CN(Cc2ccc(Nc3ncc(F)c(-c4cc(F)c5nc(C)n(C(C)C)c5c4)n3)nc2)CCO1. The number of rotatable bonds is 10. The van der Waals surface area contributed by atoms with Gasteiger partial charge in [0.05, 0.1) is 23.9 Å². The van der Waals surface area contributed by atoms with E-state index in [1.165, 1.54) is 6.07 Å². The minimum Gasteiger partial charge on any atom is -0.382 e. The van der Waals surface area contributed by atoms with Crippen molar-refractivity contribution in [1.82, 2.24) is 29.4 Å². The van der Waals surface area contributed by atoms with Gasteiger partial charge < -0.3 is 19.4 Å². The van der Waals surface area contributed by atoms with Gasteiger partial charge >= 0.3 is 0 Å². The second kappa shape index (κ2) is 12.1. The van der Waals surface area contributed by atoms with Crippen LogP contribution in [-0.4, -0.2) is 67.9 Å². The highest BCUT2D eigenvalue weighted by atomic mass is 19.1. The third-order valence-electron chi connectivity index (χ3n) is 7.33. The fourth-order valence-corrected chi connectivity index (χ4v) is 5.39. The molecule has 1 aromatic carbocycles. The van der Waals surface area contributed by atoms with E-state index in [9.17, 15) is 4.39 Å². The van der Waals surface area contributed by atoms with Gasteiger partial charge in [-0.05, 0) is 58.4 Å². The molecule has 0 bridgehead atoms. The van der Waals surface area contributed by atoms with Crippen LogP contribution in [0.5, 0.6) is 0 Å². The van der Waals surface area contributed by atoms with Crippen LogP contribution in [0.2, 0.25) is 0 Å². The fraction of sp³-hybridized carbons (Fsp3) is 0.467. The number of pyridine rings is 1. The third-order valence-corrected chi connectivity index (χ3v) is 7.33. The summed E-state index contributed by atoms with van der Waals surface area (Å²) in [6.45, 7) is 14.4. The molecule has 0 spiro atoms. The van der Waals surface area contributed by atoms with Crippen LogP contribution in [0.25, 0.3) is 22.3 Å². The lowest BCUT2D eigenvalue weighted by molar-refractivity contribution is -0.112. The van der Waals surface area contributed by atoms with E-state index in [0.29, 0.717) is 42.5 Å². The molecule has 1 N–H and O–H groups in total. The van der Waals surface area contributed by atoms with E-state index < -0.39 is 11.6 Å². The summed E-state index contributed by atoms with van der Waals surface area (Å²) in [6.07, 6.45) is 3.73. The van der Waals surface area contributed by atoms with Crippen LogP contribution in [-0.2, 0) is 16.0 Å². The molecule has 3 aromatic heterocycles. The molecule has 1 aliphatic rings. The Hall–Kier alpha value is -3.54. The fourth-order valence-electron chi connectivity index (χ4n) is 5.39. The summed E-state index contributed by atoms with van der Waals surface area (Å²) in [5.41, 5.74) is 1.97. The maximum absolute atomic E-state index is 15.0. The molecule has 0 unspecified atom stereocenters. The molecular formula is C30H37F2N7O2. The van der Waals surface area contributed by atoms with E-state index >= 15 is 4.39 Å². The topological polar surface area (TPSA) is 90.2 Å². The predicted octanol–water partition coefficient (Wildman–Crippen LogP) is 5.82. The molecule has 9 nitrogen and oxygen atoms in total. The number of benzene rings is 1. The number of imidazole rings is 1. The number of aryl methyl sites for hydroxylation is 1. The van der Waals surface area contributed by atoms with E-state index in [2.05, 4.69) is 37.1 Å². The summed E-state index contributed by atoms with van der Waals surface area (Å²) in [5, 5.41) is 3.04. The molecule has 4 aromatic rings. The molecular weight excluding hydrogens is 528 g/mol. The zero-order chi connectivity index (χ0) is 29.1. The maximum atomic E-state index is 15.0. The van der Waals surface area contributed by atoms with Crippen LogP contribution in [0, 0.1) is 18.6 Å². The number of hydrogen-bond donors (Lipinski definition) is 1. The average Bonchev–Trinajstić information content (AvgIpc) is 3.27. The number of morpholine rings is 1. The molecule has 0 saturated carbocycles. The first-order valence-electron chi connectivity index (χ1n) is 14.0. The van der Waals surface area contributed by atoms with Crippen LogP contribution in [0.3, 0.4) is 0 Å². The lowest BCUT2D eigenvalue weighted by atomic mass is 10.00. The normalized spacial score (nSPS) is 18.0. The summed E-state index contributed by atoms with van der Waals surface area (Å²) in [6, 6.07) is 6.87. The van der Waals surface area contributed by atoms with E-state index in [-0.39, 0.29) is 28.8 Å². The molecule has 11 heteroatoms. The number of aromatic nitrogens is 5. The van der Waals surface area contributed by atoms with Gasteiger partial charge in [-0.15, -0.1) is 0 Å². The number of nitrogens with zero attached hydrogens (tertiary/aromatic N) is 6. The van der Waals surface area contributed by atoms with Crippen molar-refractivity contribution in [3.8, 4) is 11.3 Å². The predicted molar refractivity (Wildman–Crippen MR) is 154 cm³/mol. The van der Waals surface area contributed by atoms with E-state index in [1.807, 2.05) is 44.4 Å². The van der Waals surface area contributed by atoms with Crippen LogP contribution >= 0.6 is 0 Å². The first kappa shape index (κ1) is 29.0. The van der Waals surface area contributed by atoms with E-state index in [0.717, 1.165) is 37.8 Å². The minimum atomic E-state index is -0.649. The summed E-state index contributed by atoms with van der Waals surface area (Å²) >= 11 is 0. The molecule has 41 heavy (non-hydrogen) atoms. The number of anilines is 2. The van der Waals surface area contributed by atoms with Crippen molar-refractivity contribution in [2.75, 3.05) is 38.2 Å². The molecule has 218 valence electrons. The van der Waals surface area contributed by atoms with Crippen LogP contribution in [0.15, 0.2) is 36.7 Å². The zero-order valence-corrected chi connectivity index (χ0v) is 24.2. The summed E-state index contributed by atoms with van der Waals surface area (Å²) in [5.74, 6) is 0.192. The van der Waals surface area contributed by atoms with Gasteiger partial charge in [0.25, 0.3) is 0 Å². The van der Waals surface area contributed by atoms with Gasteiger partial charge in [0, 0.05) is 57.1 Å². The highest BCUT2D eigenvalue weighted by Crippen LogP contribution is 2.30. The first-order chi connectivity index (χ1) is 19.7. The van der Waals surface area contributed by atoms with E-state index in [4.69, 9.17) is 9.47 Å². The highest BCUT2D eigenvalue weighted by molar-refractivity contribution is 5.83. The molecule has 1 atom stereocenters. The number of nitrogens with one attached hydrogen (secondary N) is 1. The highest BCUT2D eigenvalue weighted by Gasteiger charge is 2.31. The molecule has 0 amide bonds. The third kappa shape index (κ3) is 6.52. The zero-order valence-electron chi connectivity index (χ0n) is 24.2. The van der Waals surface area contributed by atoms with Crippen molar-refractivity contribution in [1.29, 1.82) is 0 Å². The Morgan fingerprint density at radius 1 is 1.12 bits per heavy atom. The molecule has 4 heterocycles. The summed E-state index contributed by atoms with van der Waals surface area (Å²) < 4.78 is 43.4. The van der Waals surface area contributed by atoms with Crippen LogP contribution < -0.4 is 5.32 Å². The number of ether oxygens (including phenoxy) is 2. The molecule has 5 rings (SSSR count). The van der Waals surface area contributed by atoms with Crippen molar-refractivity contribution in [2.45, 2.75) is 59.2 Å². The van der Waals surface area contributed by atoms with Gasteiger partial charge in [0.1, 0.15) is 22.9 Å². The molecule has 1 aliphatic heterocycles. The Morgan fingerprint density at radius 3 is 2.68 bits per heavy atom. The van der Waals surface area contributed by atoms with Gasteiger partial charge in [-0.3, -0.25) is 4.90 Å².